The smallest absolute Gasteiger partial charge is 0.110 e. The monoisotopic (exact) mass is 180 g/mol. The zero-order chi connectivity index (χ0) is 9.78. The van der Waals surface area contributed by atoms with Gasteiger partial charge in [-0.25, -0.2) is 0 Å². The van der Waals surface area contributed by atoms with Crippen LogP contribution in [0.4, 0.5) is 0 Å². The van der Waals surface area contributed by atoms with E-state index in [1.807, 2.05) is 6.92 Å². The summed E-state index contributed by atoms with van der Waals surface area (Å²) < 4.78 is 4.86. The number of ether oxygens (including phenoxy) is 1. The summed E-state index contributed by atoms with van der Waals surface area (Å²) in [5, 5.41) is 8.35. The van der Waals surface area contributed by atoms with Crippen LogP contribution < -0.4 is 0 Å². The lowest BCUT2D eigenvalue weighted by molar-refractivity contribution is 0.298. The molecule has 13 heavy (non-hydrogen) atoms. The number of aliphatic hydroxyl groups excluding tert-OH is 1. The average Bonchev–Trinajstić information content (AvgIpc) is 2.16. The molecule has 0 bridgehead atoms. The number of hydrogen-bond donors (Lipinski definition) is 1. The Labute approximate surface area is 80.3 Å². The summed E-state index contributed by atoms with van der Waals surface area (Å²) in [4.78, 5) is 0. The van der Waals surface area contributed by atoms with Gasteiger partial charge in [-0.15, -0.1) is 5.92 Å². The van der Waals surface area contributed by atoms with Gasteiger partial charge in [-0.1, -0.05) is 11.8 Å². The van der Waals surface area contributed by atoms with Gasteiger partial charge in [0.1, 0.15) is 12.7 Å². The fourth-order valence-electron chi connectivity index (χ4n) is 0.745. The Hall–Kier alpha value is -1.12. The van der Waals surface area contributed by atoms with Crippen molar-refractivity contribution in [1.29, 1.82) is 0 Å². The van der Waals surface area contributed by atoms with E-state index in [1.165, 1.54) is 0 Å². The topological polar surface area (TPSA) is 29.5 Å². The number of hydrogen-bond acceptors (Lipinski definition) is 2. The third-order valence-corrected chi connectivity index (χ3v) is 1.35. The molecule has 0 aliphatic rings. The second-order valence-electron chi connectivity index (χ2n) is 2.43. The third-order valence-electron chi connectivity index (χ3n) is 1.35. The Morgan fingerprint density at radius 2 is 1.77 bits per heavy atom. The van der Waals surface area contributed by atoms with E-state index in [0.29, 0.717) is 6.61 Å². The normalized spacial score (nSPS) is 7.85. The minimum absolute atomic E-state index is 0.0376. The molecular weight excluding hydrogens is 164 g/mol. The van der Waals surface area contributed by atoms with Gasteiger partial charge in [-0.3, -0.25) is 0 Å². The van der Waals surface area contributed by atoms with Gasteiger partial charge in [0.2, 0.25) is 0 Å². The number of rotatable bonds is 4. The molecule has 0 aliphatic heterocycles. The van der Waals surface area contributed by atoms with E-state index in [1.54, 1.807) is 0 Å². The van der Waals surface area contributed by atoms with Gasteiger partial charge in [-0.05, 0) is 19.8 Å². The Morgan fingerprint density at radius 1 is 1.08 bits per heavy atom. The highest BCUT2D eigenvalue weighted by Crippen LogP contribution is 1.96. The molecule has 0 saturated heterocycles. The van der Waals surface area contributed by atoms with Crippen LogP contribution in [0.2, 0.25) is 0 Å². The Balaban J connectivity index is 3.13. The molecule has 2 nitrogen and oxygen atoms in total. The van der Waals surface area contributed by atoms with E-state index in [9.17, 15) is 0 Å². The molecule has 0 atom stereocenters. The summed E-state index contributed by atoms with van der Waals surface area (Å²) >= 11 is 0. The SMILES string of the molecule is CCOC#CCCCCC#CCO. The van der Waals surface area contributed by atoms with Crippen LogP contribution in [-0.2, 0) is 4.74 Å². The lowest BCUT2D eigenvalue weighted by Gasteiger charge is -1.89. The first-order valence-corrected chi connectivity index (χ1v) is 4.58. The van der Waals surface area contributed by atoms with Crippen LogP contribution in [0.1, 0.15) is 32.6 Å². The van der Waals surface area contributed by atoms with Crippen molar-refractivity contribution in [3.63, 3.8) is 0 Å². The quantitative estimate of drug-likeness (QED) is 0.525. The van der Waals surface area contributed by atoms with E-state index < -0.39 is 0 Å². The molecule has 0 aromatic heterocycles. The van der Waals surface area contributed by atoms with Gasteiger partial charge in [0.05, 0.1) is 6.61 Å². The van der Waals surface area contributed by atoms with Crippen LogP contribution in [0.25, 0.3) is 0 Å². The molecule has 0 fully saturated rings. The van der Waals surface area contributed by atoms with Gasteiger partial charge in [0.25, 0.3) is 0 Å². The Morgan fingerprint density at radius 3 is 2.38 bits per heavy atom. The molecule has 0 radical (unpaired) electrons. The maximum Gasteiger partial charge on any atom is 0.110 e. The van der Waals surface area contributed by atoms with Crippen molar-refractivity contribution in [1.82, 2.24) is 0 Å². The van der Waals surface area contributed by atoms with Crippen molar-refractivity contribution in [3.8, 4) is 23.9 Å². The molecule has 0 unspecified atom stereocenters. The van der Waals surface area contributed by atoms with Gasteiger partial charge < -0.3 is 9.84 Å². The molecule has 72 valence electrons. The molecule has 2 heteroatoms. The van der Waals surface area contributed by atoms with Gasteiger partial charge in [0, 0.05) is 12.8 Å². The van der Waals surface area contributed by atoms with Crippen LogP contribution in [0.3, 0.4) is 0 Å². The molecule has 0 rings (SSSR count). The highest BCUT2D eigenvalue weighted by molar-refractivity contribution is 4.98. The van der Waals surface area contributed by atoms with E-state index in [0.717, 1.165) is 25.7 Å². The first-order valence-electron chi connectivity index (χ1n) is 4.58. The molecule has 0 saturated carbocycles. The predicted molar refractivity (Wildman–Crippen MR) is 52.7 cm³/mol. The standard InChI is InChI=1S/C11H16O2/c1-2-13-11-9-7-5-3-4-6-8-10-12/h12H,2-5,7,10H2,1H3. The van der Waals surface area contributed by atoms with Crippen LogP contribution in [-0.4, -0.2) is 18.3 Å². The second-order valence-corrected chi connectivity index (χ2v) is 2.43. The predicted octanol–water partition coefficient (Wildman–Crippen LogP) is 1.54. The maximum atomic E-state index is 8.35. The van der Waals surface area contributed by atoms with Crippen molar-refractivity contribution in [2.24, 2.45) is 0 Å². The van der Waals surface area contributed by atoms with Crippen molar-refractivity contribution in [2.75, 3.05) is 13.2 Å². The van der Waals surface area contributed by atoms with Crippen molar-refractivity contribution in [3.05, 3.63) is 0 Å². The summed E-state index contributed by atoms with van der Waals surface area (Å²) in [6, 6.07) is 0. The van der Waals surface area contributed by atoms with Crippen LogP contribution in [0.15, 0.2) is 0 Å². The fourth-order valence-corrected chi connectivity index (χ4v) is 0.745. The molecular formula is C11H16O2. The second kappa shape index (κ2) is 10.9. The summed E-state index contributed by atoms with van der Waals surface area (Å²) in [5.74, 6) is 8.37. The molecule has 0 heterocycles. The Bertz CT molecular complexity index is 212. The Kier molecular flexibility index (Phi) is 9.94. The van der Waals surface area contributed by atoms with Crippen LogP contribution in [0.5, 0.6) is 0 Å². The first-order chi connectivity index (χ1) is 6.41. The molecule has 0 amide bonds. The zero-order valence-electron chi connectivity index (χ0n) is 8.10. The molecule has 0 aliphatic carbocycles. The van der Waals surface area contributed by atoms with Crippen molar-refractivity contribution >= 4 is 0 Å². The van der Waals surface area contributed by atoms with Crippen molar-refractivity contribution < 1.29 is 9.84 Å². The van der Waals surface area contributed by atoms with Gasteiger partial charge in [0.15, 0.2) is 0 Å². The minimum atomic E-state index is -0.0376. The fraction of sp³-hybridized carbons (Fsp3) is 0.636. The lowest BCUT2D eigenvalue weighted by Crippen LogP contribution is -1.78. The summed E-state index contributed by atoms with van der Waals surface area (Å²) in [6.07, 6.45) is 6.39. The summed E-state index contributed by atoms with van der Waals surface area (Å²) in [6.45, 7) is 2.53. The van der Waals surface area contributed by atoms with Crippen molar-refractivity contribution in [2.45, 2.75) is 32.6 Å². The first kappa shape index (κ1) is 11.9. The highest BCUT2D eigenvalue weighted by atomic mass is 16.5. The third kappa shape index (κ3) is 10.9. The molecule has 0 aromatic rings. The molecule has 0 spiro atoms. The summed E-state index contributed by atoms with van der Waals surface area (Å²) in [7, 11) is 0. The van der Waals surface area contributed by atoms with Gasteiger partial charge >= 0.3 is 0 Å². The number of aliphatic hydroxyl groups is 1. The van der Waals surface area contributed by atoms with E-state index >= 15 is 0 Å². The zero-order valence-corrected chi connectivity index (χ0v) is 8.10. The van der Waals surface area contributed by atoms with E-state index in [4.69, 9.17) is 9.84 Å². The summed E-state index contributed by atoms with van der Waals surface area (Å²) in [5.41, 5.74) is 0. The minimum Gasteiger partial charge on any atom is -0.447 e. The molecule has 1 N–H and O–H groups in total. The average molecular weight is 180 g/mol. The van der Waals surface area contributed by atoms with Gasteiger partial charge in [-0.2, -0.15) is 0 Å². The van der Waals surface area contributed by atoms with E-state index in [2.05, 4.69) is 23.9 Å². The van der Waals surface area contributed by atoms with E-state index in [-0.39, 0.29) is 6.61 Å². The maximum absolute atomic E-state index is 8.35. The van der Waals surface area contributed by atoms with Crippen LogP contribution in [0, 0.1) is 23.9 Å². The molecule has 0 aromatic carbocycles. The highest BCUT2D eigenvalue weighted by Gasteiger charge is 1.82. The van der Waals surface area contributed by atoms with Crippen LogP contribution >= 0.6 is 0 Å². The number of unbranched alkanes of at least 4 members (excludes halogenated alkanes) is 3. The lowest BCUT2D eigenvalue weighted by atomic mass is 10.2. The largest absolute Gasteiger partial charge is 0.447 e.